The van der Waals surface area contributed by atoms with Crippen molar-refractivity contribution in [3.05, 3.63) is 71.1 Å². The summed E-state index contributed by atoms with van der Waals surface area (Å²) in [6.07, 6.45) is 1.91. The van der Waals surface area contributed by atoms with E-state index >= 15 is 0 Å². The number of rotatable bonds is 7. The number of hydrogen-bond donors (Lipinski definition) is 1. The summed E-state index contributed by atoms with van der Waals surface area (Å²) in [5.74, 6) is -1.35. The van der Waals surface area contributed by atoms with Crippen molar-refractivity contribution in [1.82, 2.24) is 19.5 Å². The lowest BCUT2D eigenvalue weighted by Crippen LogP contribution is -2.08. The number of carbonyl (C=O) groups is 1. The summed E-state index contributed by atoms with van der Waals surface area (Å²) < 4.78 is 56.5. The van der Waals surface area contributed by atoms with E-state index in [1.54, 1.807) is 12.3 Å². The van der Waals surface area contributed by atoms with Crippen molar-refractivity contribution >= 4 is 28.8 Å². The van der Waals surface area contributed by atoms with E-state index in [2.05, 4.69) is 15.0 Å². The molecule has 1 aliphatic carbocycles. The average Bonchev–Trinajstić information content (AvgIpc) is 3.59. The predicted molar refractivity (Wildman–Crippen MR) is 126 cm³/mol. The van der Waals surface area contributed by atoms with Crippen molar-refractivity contribution in [3.63, 3.8) is 0 Å². The van der Waals surface area contributed by atoms with Gasteiger partial charge in [0.25, 0.3) is 0 Å². The van der Waals surface area contributed by atoms with Crippen molar-refractivity contribution in [2.24, 2.45) is 0 Å². The minimum absolute atomic E-state index is 0.0908. The third kappa shape index (κ3) is 4.92. The Hall–Kier alpha value is -3.47. The van der Waals surface area contributed by atoms with Crippen LogP contribution in [0.25, 0.3) is 22.2 Å². The first-order valence-electron chi connectivity index (χ1n) is 11.1. The Morgan fingerprint density at radius 1 is 1.19 bits per heavy atom. The number of pyridine rings is 1. The molecule has 11 heteroatoms. The minimum atomic E-state index is -4.52. The summed E-state index contributed by atoms with van der Waals surface area (Å²) >= 11 is 1.27. The van der Waals surface area contributed by atoms with Gasteiger partial charge < -0.3 is 9.67 Å². The number of halogens is 4. The number of hydrogen-bond acceptors (Lipinski definition) is 5. The van der Waals surface area contributed by atoms with Gasteiger partial charge in [0.2, 0.25) is 0 Å². The molecule has 0 saturated heterocycles. The Labute approximate surface area is 207 Å². The van der Waals surface area contributed by atoms with Crippen LogP contribution >= 0.6 is 11.8 Å². The first kappa shape index (κ1) is 24.2. The second-order valence-electron chi connectivity index (χ2n) is 8.71. The van der Waals surface area contributed by atoms with E-state index < -0.39 is 29.9 Å². The molecule has 36 heavy (non-hydrogen) atoms. The monoisotopic (exact) mass is 516 g/mol. The van der Waals surface area contributed by atoms with Gasteiger partial charge in [-0.1, -0.05) is 23.9 Å². The second-order valence-corrected chi connectivity index (χ2v) is 9.65. The summed E-state index contributed by atoms with van der Waals surface area (Å²) in [5, 5.41) is 9.37. The van der Waals surface area contributed by atoms with Crippen LogP contribution in [0.5, 0.6) is 0 Å². The number of benzene rings is 1. The highest BCUT2D eigenvalue weighted by Crippen LogP contribution is 2.42. The molecule has 1 aromatic carbocycles. The molecule has 0 spiro atoms. The zero-order chi connectivity index (χ0) is 25.6. The zero-order valence-corrected chi connectivity index (χ0v) is 19.8. The average molecular weight is 517 g/mol. The molecule has 0 amide bonds. The number of aromatic nitrogens is 4. The van der Waals surface area contributed by atoms with Crippen molar-refractivity contribution in [3.8, 4) is 11.1 Å². The largest absolute Gasteiger partial charge is 0.481 e. The molecule has 0 radical (unpaired) electrons. The van der Waals surface area contributed by atoms with E-state index in [0.717, 1.165) is 24.4 Å². The second kappa shape index (κ2) is 9.20. The quantitative estimate of drug-likeness (QED) is 0.179. The smallest absolute Gasteiger partial charge is 0.418 e. The molecule has 0 aliphatic heterocycles. The maximum absolute atomic E-state index is 13.9. The number of aliphatic carboxylic acids is 1. The highest BCUT2D eigenvalue weighted by atomic mass is 32.2. The molecule has 0 unspecified atom stereocenters. The highest BCUT2D eigenvalue weighted by Gasteiger charge is 2.34. The van der Waals surface area contributed by atoms with E-state index in [9.17, 15) is 22.4 Å². The first-order valence-corrected chi connectivity index (χ1v) is 12.1. The fourth-order valence-corrected chi connectivity index (χ4v) is 4.84. The van der Waals surface area contributed by atoms with Crippen LogP contribution in [-0.2, 0) is 23.1 Å². The topological polar surface area (TPSA) is 80.9 Å². The van der Waals surface area contributed by atoms with Gasteiger partial charge in [0.15, 0.2) is 5.16 Å². The molecule has 0 bridgehead atoms. The number of carboxylic acid groups (broad SMARTS) is 1. The molecule has 1 saturated carbocycles. The van der Waals surface area contributed by atoms with Crippen molar-refractivity contribution in [2.45, 2.75) is 49.3 Å². The Bertz CT molecular complexity index is 1480. The fraction of sp³-hybridized carbons (Fsp3) is 0.280. The van der Waals surface area contributed by atoms with Crippen LogP contribution in [0.1, 0.15) is 41.3 Å². The van der Waals surface area contributed by atoms with Gasteiger partial charge in [-0.05, 0) is 43.0 Å². The van der Waals surface area contributed by atoms with Crippen LogP contribution in [0.2, 0.25) is 0 Å². The van der Waals surface area contributed by atoms with Gasteiger partial charge in [-0.3, -0.25) is 9.78 Å². The SMILES string of the molecule is Cc1ncc(-c2cn(C3CC3)c3cnc(SCc4ccc(F)c(CC(=O)O)c4)nc23)cc1C(F)(F)F. The summed E-state index contributed by atoms with van der Waals surface area (Å²) in [6, 6.07) is 5.66. The number of alkyl halides is 3. The summed E-state index contributed by atoms with van der Waals surface area (Å²) in [5.41, 5.74) is 2.05. The molecule has 3 aromatic heterocycles. The first-order chi connectivity index (χ1) is 17.1. The Morgan fingerprint density at radius 3 is 2.67 bits per heavy atom. The summed E-state index contributed by atoms with van der Waals surface area (Å²) in [7, 11) is 0. The van der Waals surface area contributed by atoms with Gasteiger partial charge in [0.05, 0.1) is 23.7 Å². The van der Waals surface area contributed by atoms with E-state index in [0.29, 0.717) is 33.1 Å². The highest BCUT2D eigenvalue weighted by molar-refractivity contribution is 7.98. The Morgan fingerprint density at radius 2 is 1.97 bits per heavy atom. The van der Waals surface area contributed by atoms with Crippen molar-refractivity contribution in [2.75, 3.05) is 0 Å². The molecule has 3 heterocycles. The van der Waals surface area contributed by atoms with Gasteiger partial charge in [-0.2, -0.15) is 13.2 Å². The van der Waals surface area contributed by atoms with Crippen LogP contribution in [0, 0.1) is 12.7 Å². The van der Waals surface area contributed by atoms with Gasteiger partial charge >= 0.3 is 12.1 Å². The Kier molecular flexibility index (Phi) is 6.19. The van der Waals surface area contributed by atoms with Crippen molar-refractivity contribution < 1.29 is 27.5 Å². The summed E-state index contributed by atoms with van der Waals surface area (Å²) in [4.78, 5) is 24.0. The maximum Gasteiger partial charge on any atom is 0.418 e. The number of fused-ring (bicyclic) bond motifs is 1. The van der Waals surface area contributed by atoms with Crippen LogP contribution in [0.3, 0.4) is 0 Å². The summed E-state index contributed by atoms with van der Waals surface area (Å²) in [6.45, 7) is 1.33. The lowest BCUT2D eigenvalue weighted by Gasteiger charge is -2.11. The van der Waals surface area contributed by atoms with E-state index in [4.69, 9.17) is 5.11 Å². The maximum atomic E-state index is 13.9. The predicted octanol–water partition coefficient (Wildman–Crippen LogP) is 6.21. The standard InChI is InChI=1S/C25H20F4N4O2S/c1-13-19(25(27,28)29)7-16(9-30-13)18-11-33(17-3-4-17)21-10-31-24(32-23(18)21)36-12-14-2-5-20(26)15(6-14)8-22(34)35/h2,5-7,9-11,17H,3-4,8,12H2,1H3,(H,34,35). The normalized spacial score (nSPS) is 13.9. The van der Waals surface area contributed by atoms with Gasteiger partial charge in [-0.25, -0.2) is 14.4 Å². The van der Waals surface area contributed by atoms with Gasteiger partial charge in [0, 0.05) is 41.0 Å². The van der Waals surface area contributed by atoms with Crippen LogP contribution in [0.15, 0.2) is 48.0 Å². The molecule has 1 fully saturated rings. The van der Waals surface area contributed by atoms with Gasteiger partial charge in [-0.15, -0.1) is 0 Å². The van der Waals surface area contributed by atoms with E-state index in [1.165, 1.54) is 37.0 Å². The molecule has 5 rings (SSSR count). The van der Waals surface area contributed by atoms with Gasteiger partial charge in [0.1, 0.15) is 11.3 Å². The molecule has 1 N–H and O–H groups in total. The van der Waals surface area contributed by atoms with Crippen LogP contribution in [0.4, 0.5) is 17.6 Å². The minimum Gasteiger partial charge on any atom is -0.481 e. The molecule has 186 valence electrons. The number of thioether (sulfide) groups is 1. The lowest BCUT2D eigenvalue weighted by molar-refractivity contribution is -0.138. The molecule has 1 aliphatic rings. The zero-order valence-electron chi connectivity index (χ0n) is 19.0. The molecule has 4 aromatic rings. The van der Waals surface area contributed by atoms with Crippen LogP contribution in [-0.4, -0.2) is 30.6 Å². The van der Waals surface area contributed by atoms with Crippen LogP contribution < -0.4 is 0 Å². The number of aryl methyl sites for hydroxylation is 1. The Balaban J connectivity index is 1.49. The third-order valence-corrected chi connectivity index (χ3v) is 6.94. The third-order valence-electron chi connectivity index (χ3n) is 6.01. The fourth-order valence-electron chi connectivity index (χ4n) is 4.08. The number of carboxylic acids is 1. The molecular weight excluding hydrogens is 496 g/mol. The number of nitrogens with zero attached hydrogens (tertiary/aromatic N) is 4. The van der Waals surface area contributed by atoms with Crippen molar-refractivity contribution in [1.29, 1.82) is 0 Å². The molecule has 0 atom stereocenters. The molecular formula is C25H20F4N4O2S. The van der Waals surface area contributed by atoms with E-state index in [-0.39, 0.29) is 17.3 Å². The molecule has 6 nitrogen and oxygen atoms in total. The van der Waals surface area contributed by atoms with E-state index in [1.807, 2.05) is 10.8 Å². The lowest BCUT2D eigenvalue weighted by atomic mass is 10.1.